The highest BCUT2D eigenvalue weighted by atomic mass is 16.3. The van der Waals surface area contributed by atoms with Crippen molar-refractivity contribution in [2.45, 2.75) is 32.8 Å². The quantitative estimate of drug-likeness (QED) is 0.476. The van der Waals surface area contributed by atoms with Crippen LogP contribution in [-0.2, 0) is 0 Å². The molecule has 0 spiro atoms. The predicted molar refractivity (Wildman–Crippen MR) is 47.3 cm³/mol. The third-order valence-corrected chi connectivity index (χ3v) is 2.41. The summed E-state index contributed by atoms with van der Waals surface area (Å²) in [7, 11) is 0. The van der Waals surface area contributed by atoms with E-state index < -0.39 is 6.10 Å². The first-order valence-corrected chi connectivity index (χ1v) is 4.38. The summed E-state index contributed by atoms with van der Waals surface area (Å²) in [6.07, 6.45) is 3.25. The Morgan fingerprint density at radius 1 is 1.75 bits per heavy atom. The van der Waals surface area contributed by atoms with Crippen molar-refractivity contribution in [3.8, 4) is 6.07 Å². The Hall–Kier alpha value is -0.810. The van der Waals surface area contributed by atoms with Crippen LogP contribution < -0.4 is 0 Å². The third kappa shape index (κ3) is 2.09. The van der Waals surface area contributed by atoms with Crippen LogP contribution in [0.3, 0.4) is 0 Å². The largest absolute Gasteiger partial charge is 0.378 e. The van der Waals surface area contributed by atoms with Gasteiger partial charge in [0.05, 0.1) is 6.07 Å². The van der Waals surface area contributed by atoms with Crippen LogP contribution in [0.25, 0.3) is 0 Å². The Balaban J connectivity index is 2.62. The molecular formula is C10H15NO. The standard InChI is InChI=1S/C10H15NO/c1-7-3-8(2)5-9(4-7)10(12)6-11/h3,7,9-10,12H,4-5H2,1-2H3. The zero-order valence-electron chi connectivity index (χ0n) is 7.62. The van der Waals surface area contributed by atoms with Gasteiger partial charge < -0.3 is 5.11 Å². The van der Waals surface area contributed by atoms with E-state index in [0.29, 0.717) is 5.92 Å². The summed E-state index contributed by atoms with van der Waals surface area (Å²) in [4.78, 5) is 0. The SMILES string of the molecule is CC1=CC(C)CC(C(O)C#N)C1. The lowest BCUT2D eigenvalue weighted by molar-refractivity contribution is 0.141. The normalized spacial score (nSPS) is 32.0. The molecule has 3 atom stereocenters. The molecule has 2 heteroatoms. The van der Waals surface area contributed by atoms with Crippen molar-refractivity contribution in [3.63, 3.8) is 0 Å². The minimum Gasteiger partial charge on any atom is -0.378 e. The van der Waals surface area contributed by atoms with Gasteiger partial charge >= 0.3 is 0 Å². The number of aliphatic hydroxyl groups excluding tert-OH is 1. The van der Waals surface area contributed by atoms with E-state index in [2.05, 4.69) is 19.9 Å². The van der Waals surface area contributed by atoms with Crippen molar-refractivity contribution in [1.29, 1.82) is 5.26 Å². The van der Waals surface area contributed by atoms with E-state index in [1.807, 2.05) is 6.07 Å². The van der Waals surface area contributed by atoms with Gasteiger partial charge in [0, 0.05) is 5.92 Å². The van der Waals surface area contributed by atoms with E-state index >= 15 is 0 Å². The Morgan fingerprint density at radius 3 is 2.92 bits per heavy atom. The maximum Gasteiger partial charge on any atom is 0.143 e. The van der Waals surface area contributed by atoms with Gasteiger partial charge in [0.25, 0.3) is 0 Å². The molecule has 12 heavy (non-hydrogen) atoms. The van der Waals surface area contributed by atoms with Gasteiger partial charge in [-0.2, -0.15) is 5.26 Å². The molecule has 1 N–H and O–H groups in total. The van der Waals surface area contributed by atoms with Crippen molar-refractivity contribution in [2.75, 3.05) is 0 Å². The highest BCUT2D eigenvalue weighted by Crippen LogP contribution is 2.29. The van der Waals surface area contributed by atoms with Crippen molar-refractivity contribution < 1.29 is 5.11 Å². The van der Waals surface area contributed by atoms with Gasteiger partial charge in [-0.3, -0.25) is 0 Å². The minimum atomic E-state index is -0.781. The molecule has 1 aliphatic carbocycles. The number of allylic oxidation sites excluding steroid dienone is 2. The van der Waals surface area contributed by atoms with Crippen LogP contribution in [0.4, 0.5) is 0 Å². The number of hydrogen-bond donors (Lipinski definition) is 1. The van der Waals surface area contributed by atoms with Crippen LogP contribution in [-0.4, -0.2) is 11.2 Å². The Kier molecular flexibility index (Phi) is 2.88. The summed E-state index contributed by atoms with van der Waals surface area (Å²) in [5.41, 5.74) is 1.30. The van der Waals surface area contributed by atoms with Gasteiger partial charge in [0.2, 0.25) is 0 Å². The summed E-state index contributed by atoms with van der Waals surface area (Å²) in [5.74, 6) is 0.654. The molecule has 3 unspecified atom stereocenters. The molecule has 0 saturated carbocycles. The summed E-state index contributed by atoms with van der Waals surface area (Å²) < 4.78 is 0. The number of nitrogens with zero attached hydrogens (tertiary/aromatic N) is 1. The van der Waals surface area contributed by atoms with E-state index in [1.54, 1.807) is 0 Å². The highest BCUT2D eigenvalue weighted by Gasteiger charge is 2.24. The lowest BCUT2D eigenvalue weighted by Crippen LogP contribution is -2.23. The summed E-state index contributed by atoms with van der Waals surface area (Å²) in [6, 6.07) is 1.90. The molecule has 0 aromatic heterocycles. The van der Waals surface area contributed by atoms with Crippen LogP contribution in [0.15, 0.2) is 11.6 Å². The average molecular weight is 165 g/mol. The number of rotatable bonds is 1. The fourth-order valence-corrected chi connectivity index (χ4v) is 1.94. The molecule has 0 aliphatic heterocycles. The molecule has 66 valence electrons. The summed E-state index contributed by atoms with van der Waals surface area (Å²) >= 11 is 0. The Bertz CT molecular complexity index is 226. The molecular weight excluding hydrogens is 150 g/mol. The monoisotopic (exact) mass is 165 g/mol. The Morgan fingerprint density at radius 2 is 2.42 bits per heavy atom. The lowest BCUT2D eigenvalue weighted by Gasteiger charge is -2.25. The topological polar surface area (TPSA) is 44.0 Å². The number of nitriles is 1. The summed E-state index contributed by atoms with van der Waals surface area (Å²) in [6.45, 7) is 4.19. The minimum absolute atomic E-state index is 0.148. The van der Waals surface area contributed by atoms with Crippen LogP contribution in [0.1, 0.15) is 26.7 Å². The lowest BCUT2D eigenvalue weighted by atomic mass is 9.81. The first kappa shape index (κ1) is 9.28. The van der Waals surface area contributed by atoms with Gasteiger partial charge in [0.15, 0.2) is 0 Å². The molecule has 0 aromatic rings. The van der Waals surface area contributed by atoms with Crippen molar-refractivity contribution in [2.24, 2.45) is 11.8 Å². The van der Waals surface area contributed by atoms with E-state index in [9.17, 15) is 5.11 Å². The van der Waals surface area contributed by atoms with Gasteiger partial charge in [0.1, 0.15) is 6.10 Å². The van der Waals surface area contributed by atoms with Crippen LogP contribution in [0.5, 0.6) is 0 Å². The van der Waals surface area contributed by atoms with E-state index in [1.165, 1.54) is 5.57 Å². The Labute approximate surface area is 73.5 Å². The van der Waals surface area contributed by atoms with Gasteiger partial charge in [-0.1, -0.05) is 18.6 Å². The van der Waals surface area contributed by atoms with Gasteiger partial charge in [-0.15, -0.1) is 0 Å². The maximum atomic E-state index is 9.33. The molecule has 0 amide bonds. The van der Waals surface area contributed by atoms with Gasteiger partial charge in [-0.05, 0) is 25.7 Å². The fraction of sp³-hybridized carbons (Fsp3) is 0.700. The molecule has 0 fully saturated rings. The average Bonchev–Trinajstić information content (AvgIpc) is 2.01. The fourth-order valence-electron chi connectivity index (χ4n) is 1.94. The van der Waals surface area contributed by atoms with Crippen molar-refractivity contribution in [1.82, 2.24) is 0 Å². The molecule has 0 bridgehead atoms. The smallest absolute Gasteiger partial charge is 0.143 e. The second-order valence-electron chi connectivity index (χ2n) is 3.76. The first-order chi connectivity index (χ1) is 5.63. The second kappa shape index (κ2) is 3.73. The predicted octanol–water partition coefficient (Wildman–Crippen LogP) is 1.86. The van der Waals surface area contributed by atoms with Crippen LogP contribution >= 0.6 is 0 Å². The highest BCUT2D eigenvalue weighted by molar-refractivity contribution is 5.09. The zero-order chi connectivity index (χ0) is 9.14. The number of aliphatic hydroxyl groups is 1. The second-order valence-corrected chi connectivity index (χ2v) is 3.76. The van der Waals surface area contributed by atoms with Crippen molar-refractivity contribution >= 4 is 0 Å². The molecule has 1 rings (SSSR count). The zero-order valence-corrected chi connectivity index (χ0v) is 7.62. The van der Waals surface area contributed by atoms with E-state index in [4.69, 9.17) is 5.26 Å². The van der Waals surface area contributed by atoms with E-state index in [-0.39, 0.29) is 5.92 Å². The molecule has 0 radical (unpaired) electrons. The third-order valence-electron chi connectivity index (χ3n) is 2.41. The maximum absolute atomic E-state index is 9.33. The van der Waals surface area contributed by atoms with Crippen molar-refractivity contribution in [3.05, 3.63) is 11.6 Å². The first-order valence-electron chi connectivity index (χ1n) is 4.38. The van der Waals surface area contributed by atoms with Crippen LogP contribution in [0.2, 0.25) is 0 Å². The molecule has 0 aromatic carbocycles. The number of hydrogen-bond acceptors (Lipinski definition) is 2. The van der Waals surface area contributed by atoms with Gasteiger partial charge in [-0.25, -0.2) is 0 Å². The molecule has 2 nitrogen and oxygen atoms in total. The summed E-state index contributed by atoms with van der Waals surface area (Å²) in [5, 5.41) is 17.9. The van der Waals surface area contributed by atoms with Crippen LogP contribution in [0, 0.1) is 23.2 Å². The molecule has 1 aliphatic rings. The van der Waals surface area contributed by atoms with E-state index in [0.717, 1.165) is 12.8 Å². The molecule has 0 saturated heterocycles. The molecule has 0 heterocycles.